The largest absolute Gasteiger partial charge is 0.469 e. The van der Waals surface area contributed by atoms with Crippen LogP contribution in [0.2, 0.25) is 10.0 Å². The van der Waals surface area contributed by atoms with Crippen molar-refractivity contribution in [3.05, 3.63) is 52.1 Å². The Morgan fingerprint density at radius 2 is 1.90 bits per heavy atom. The molecule has 0 unspecified atom stereocenters. The van der Waals surface area contributed by atoms with Crippen molar-refractivity contribution >= 4 is 46.6 Å². The van der Waals surface area contributed by atoms with Crippen LogP contribution < -0.4 is 10.2 Å². The van der Waals surface area contributed by atoms with Gasteiger partial charge in [-0.15, -0.1) is 0 Å². The quantitative estimate of drug-likeness (QED) is 0.621. The SMILES string of the molecule is COC(=O)CCN1CCC(N(C)c2ccc(Cl)cc2C(=O)Nc2ccc(Cl)cn2)CC1. The Morgan fingerprint density at radius 1 is 1.19 bits per heavy atom. The van der Waals surface area contributed by atoms with E-state index in [9.17, 15) is 9.59 Å². The number of amides is 1. The number of aromatic nitrogens is 1. The number of ether oxygens (including phenoxy) is 1. The van der Waals surface area contributed by atoms with Crippen LogP contribution in [-0.2, 0) is 9.53 Å². The van der Waals surface area contributed by atoms with Gasteiger partial charge in [-0.05, 0) is 43.2 Å². The predicted molar refractivity (Wildman–Crippen MR) is 123 cm³/mol. The topological polar surface area (TPSA) is 74.8 Å². The van der Waals surface area contributed by atoms with Gasteiger partial charge in [-0.25, -0.2) is 4.98 Å². The van der Waals surface area contributed by atoms with Crippen LogP contribution in [0.3, 0.4) is 0 Å². The van der Waals surface area contributed by atoms with Crippen LogP contribution in [-0.4, -0.2) is 61.6 Å². The monoisotopic (exact) mass is 464 g/mol. The summed E-state index contributed by atoms with van der Waals surface area (Å²) in [6, 6.07) is 8.92. The van der Waals surface area contributed by atoms with E-state index in [-0.39, 0.29) is 17.9 Å². The molecule has 0 radical (unpaired) electrons. The number of carbonyl (C=O) groups is 2. The summed E-state index contributed by atoms with van der Waals surface area (Å²) in [6.07, 6.45) is 3.74. The van der Waals surface area contributed by atoms with Gasteiger partial charge in [-0.3, -0.25) is 9.59 Å². The lowest BCUT2D eigenvalue weighted by molar-refractivity contribution is -0.141. The third-order valence-corrected chi connectivity index (χ3v) is 5.98. The first-order valence-electron chi connectivity index (χ1n) is 10.1. The minimum absolute atomic E-state index is 0.189. The normalized spacial score (nSPS) is 14.8. The van der Waals surface area contributed by atoms with Gasteiger partial charge in [0.25, 0.3) is 5.91 Å². The summed E-state index contributed by atoms with van der Waals surface area (Å²) < 4.78 is 4.72. The molecule has 166 valence electrons. The van der Waals surface area contributed by atoms with Gasteiger partial charge in [0.05, 0.1) is 24.1 Å². The highest BCUT2D eigenvalue weighted by molar-refractivity contribution is 6.31. The van der Waals surface area contributed by atoms with Crippen LogP contribution in [0.15, 0.2) is 36.5 Å². The number of hydrogen-bond acceptors (Lipinski definition) is 6. The van der Waals surface area contributed by atoms with Crippen molar-refractivity contribution in [2.75, 3.05) is 44.0 Å². The highest BCUT2D eigenvalue weighted by Gasteiger charge is 2.26. The van der Waals surface area contributed by atoms with Gasteiger partial charge in [0.2, 0.25) is 0 Å². The Bertz CT molecular complexity index is 915. The molecule has 1 aliphatic rings. The van der Waals surface area contributed by atoms with Gasteiger partial charge >= 0.3 is 5.97 Å². The Hall–Kier alpha value is -2.35. The number of esters is 1. The number of methoxy groups -OCH3 is 1. The molecular weight excluding hydrogens is 439 g/mol. The minimum atomic E-state index is -0.283. The van der Waals surface area contributed by atoms with E-state index in [0.29, 0.717) is 34.4 Å². The lowest BCUT2D eigenvalue weighted by Gasteiger charge is -2.38. The van der Waals surface area contributed by atoms with Gasteiger partial charge in [0.15, 0.2) is 0 Å². The summed E-state index contributed by atoms with van der Waals surface area (Å²) in [5.74, 6) is -0.0529. The first-order valence-corrected chi connectivity index (χ1v) is 10.9. The molecule has 1 fully saturated rings. The maximum Gasteiger partial charge on any atom is 0.306 e. The fraction of sp³-hybridized carbons (Fsp3) is 0.409. The number of benzene rings is 1. The molecule has 0 saturated carbocycles. The van der Waals surface area contributed by atoms with Crippen molar-refractivity contribution in [3.63, 3.8) is 0 Å². The molecule has 1 saturated heterocycles. The maximum absolute atomic E-state index is 13.0. The Kier molecular flexibility index (Phi) is 8.12. The second-order valence-corrected chi connectivity index (χ2v) is 8.36. The Morgan fingerprint density at radius 3 is 2.55 bits per heavy atom. The van der Waals surface area contributed by atoms with Gasteiger partial charge in [-0.1, -0.05) is 23.2 Å². The zero-order valence-electron chi connectivity index (χ0n) is 17.6. The zero-order chi connectivity index (χ0) is 22.4. The van der Waals surface area contributed by atoms with Gasteiger partial charge in [-0.2, -0.15) is 0 Å². The molecule has 7 nitrogen and oxygen atoms in total. The molecule has 1 N–H and O–H groups in total. The van der Waals surface area contributed by atoms with Crippen LogP contribution in [0, 0.1) is 0 Å². The molecule has 0 bridgehead atoms. The smallest absolute Gasteiger partial charge is 0.306 e. The number of pyridine rings is 1. The number of carbonyl (C=O) groups excluding carboxylic acids is 2. The van der Waals surface area contributed by atoms with E-state index in [1.165, 1.54) is 13.3 Å². The fourth-order valence-corrected chi connectivity index (χ4v) is 3.99. The molecule has 1 aromatic heterocycles. The second-order valence-electron chi connectivity index (χ2n) is 7.49. The number of hydrogen-bond donors (Lipinski definition) is 1. The first-order chi connectivity index (χ1) is 14.9. The molecule has 1 aliphatic heterocycles. The van der Waals surface area contributed by atoms with E-state index < -0.39 is 0 Å². The summed E-state index contributed by atoms with van der Waals surface area (Å²) in [7, 11) is 3.40. The number of nitrogens with one attached hydrogen (secondary N) is 1. The number of piperidine rings is 1. The van der Waals surface area contributed by atoms with Crippen LogP contribution in [0.1, 0.15) is 29.6 Å². The summed E-state index contributed by atoms with van der Waals surface area (Å²) in [4.78, 5) is 32.9. The Labute approximate surface area is 192 Å². The average Bonchev–Trinajstić information content (AvgIpc) is 2.78. The third-order valence-electron chi connectivity index (χ3n) is 5.52. The summed E-state index contributed by atoms with van der Waals surface area (Å²) in [5.41, 5.74) is 1.30. The third kappa shape index (κ3) is 6.32. The number of halogens is 2. The van der Waals surface area contributed by atoms with E-state index >= 15 is 0 Å². The van der Waals surface area contributed by atoms with E-state index in [2.05, 4.69) is 20.1 Å². The van der Waals surface area contributed by atoms with Crippen molar-refractivity contribution in [1.82, 2.24) is 9.88 Å². The van der Waals surface area contributed by atoms with Crippen molar-refractivity contribution in [2.45, 2.75) is 25.3 Å². The molecule has 2 heterocycles. The molecule has 1 amide bonds. The number of rotatable bonds is 7. The Balaban J connectivity index is 1.67. The lowest BCUT2D eigenvalue weighted by Crippen LogP contribution is -2.44. The fourth-order valence-electron chi connectivity index (χ4n) is 3.71. The molecular formula is C22H26Cl2N4O3. The highest BCUT2D eigenvalue weighted by Crippen LogP contribution is 2.29. The lowest BCUT2D eigenvalue weighted by atomic mass is 10.0. The second kappa shape index (κ2) is 10.8. The van der Waals surface area contributed by atoms with E-state index in [4.69, 9.17) is 27.9 Å². The van der Waals surface area contributed by atoms with E-state index in [1.807, 2.05) is 13.1 Å². The summed E-state index contributed by atoms with van der Waals surface area (Å²) >= 11 is 12.1. The van der Waals surface area contributed by atoms with Crippen LogP contribution in [0.4, 0.5) is 11.5 Å². The van der Waals surface area contributed by atoms with E-state index in [1.54, 1.807) is 24.3 Å². The molecule has 1 aromatic carbocycles. The molecule has 0 atom stereocenters. The molecule has 9 heteroatoms. The molecule has 31 heavy (non-hydrogen) atoms. The molecule has 3 rings (SSSR count). The van der Waals surface area contributed by atoms with Gasteiger partial charge in [0.1, 0.15) is 5.82 Å². The van der Waals surface area contributed by atoms with E-state index in [0.717, 1.165) is 31.6 Å². The standard InChI is InChI=1S/C22H26Cl2N4O3/c1-27(17-7-10-28(11-8-17)12-9-21(29)31-2)19-5-3-15(23)13-18(19)22(30)26-20-6-4-16(24)14-25-20/h3-6,13-14,17H,7-12H2,1-2H3,(H,25,26,30). The molecule has 0 spiro atoms. The number of anilines is 2. The van der Waals surface area contributed by atoms with Gasteiger partial charge < -0.3 is 19.9 Å². The van der Waals surface area contributed by atoms with Crippen molar-refractivity contribution in [3.8, 4) is 0 Å². The highest BCUT2D eigenvalue weighted by atomic mass is 35.5. The molecule has 0 aliphatic carbocycles. The van der Waals surface area contributed by atoms with Crippen molar-refractivity contribution < 1.29 is 14.3 Å². The first kappa shape index (κ1) is 23.3. The van der Waals surface area contributed by atoms with Gasteiger partial charge in [0, 0.05) is 49.6 Å². The summed E-state index contributed by atoms with van der Waals surface area (Å²) in [5, 5.41) is 3.79. The zero-order valence-corrected chi connectivity index (χ0v) is 19.1. The van der Waals surface area contributed by atoms with Crippen LogP contribution in [0.25, 0.3) is 0 Å². The van der Waals surface area contributed by atoms with Crippen molar-refractivity contribution in [2.24, 2.45) is 0 Å². The maximum atomic E-state index is 13.0. The number of likely N-dealkylation sites (tertiary alicyclic amines) is 1. The predicted octanol–water partition coefficient (Wildman–Crippen LogP) is 4.10. The average molecular weight is 465 g/mol. The minimum Gasteiger partial charge on any atom is -0.469 e. The molecule has 2 aromatic rings. The van der Waals surface area contributed by atoms with Crippen molar-refractivity contribution in [1.29, 1.82) is 0 Å². The van der Waals surface area contributed by atoms with Crippen LogP contribution >= 0.6 is 23.2 Å². The summed E-state index contributed by atoms with van der Waals surface area (Å²) in [6.45, 7) is 2.47. The van der Waals surface area contributed by atoms with Crippen LogP contribution in [0.5, 0.6) is 0 Å². The number of nitrogens with zero attached hydrogens (tertiary/aromatic N) is 3.